The number of para-hydroxylation sites is 1. The van der Waals surface area contributed by atoms with Gasteiger partial charge in [0.1, 0.15) is 5.75 Å². The zero-order valence-electron chi connectivity index (χ0n) is 11.3. The standard InChI is InChI=1S/C15H14N2O4/c1-20-14(18)16-11-6-5-7-12(10-11)17-15(19)21-13-8-3-2-4-9-13/h2-10H,1H3,(H,16,18)(H,17,19). The van der Waals surface area contributed by atoms with Gasteiger partial charge in [-0.15, -0.1) is 0 Å². The number of anilines is 2. The van der Waals surface area contributed by atoms with Crippen molar-refractivity contribution < 1.29 is 19.1 Å². The van der Waals surface area contributed by atoms with Crippen molar-refractivity contribution in [3.8, 4) is 5.75 Å². The molecular weight excluding hydrogens is 272 g/mol. The summed E-state index contributed by atoms with van der Waals surface area (Å²) >= 11 is 0. The number of nitrogens with one attached hydrogen (secondary N) is 2. The quantitative estimate of drug-likeness (QED) is 0.905. The maximum atomic E-state index is 11.7. The lowest BCUT2D eigenvalue weighted by Crippen LogP contribution is -2.17. The molecule has 108 valence electrons. The van der Waals surface area contributed by atoms with E-state index in [9.17, 15) is 9.59 Å². The highest BCUT2D eigenvalue weighted by Crippen LogP contribution is 2.16. The van der Waals surface area contributed by atoms with Gasteiger partial charge in [0, 0.05) is 11.4 Å². The molecule has 0 spiro atoms. The number of methoxy groups -OCH3 is 1. The van der Waals surface area contributed by atoms with Crippen LogP contribution in [-0.2, 0) is 4.74 Å². The van der Waals surface area contributed by atoms with Crippen LogP contribution in [0.15, 0.2) is 54.6 Å². The SMILES string of the molecule is COC(=O)Nc1cccc(NC(=O)Oc2ccccc2)c1. The van der Waals surface area contributed by atoms with Crippen molar-refractivity contribution in [3.63, 3.8) is 0 Å². The monoisotopic (exact) mass is 286 g/mol. The van der Waals surface area contributed by atoms with Crippen LogP contribution in [0.3, 0.4) is 0 Å². The van der Waals surface area contributed by atoms with E-state index in [-0.39, 0.29) is 0 Å². The third-order valence-electron chi connectivity index (χ3n) is 2.49. The summed E-state index contributed by atoms with van der Waals surface area (Å²) in [6, 6.07) is 15.3. The van der Waals surface area contributed by atoms with Crippen molar-refractivity contribution in [2.75, 3.05) is 17.7 Å². The van der Waals surface area contributed by atoms with Crippen molar-refractivity contribution in [3.05, 3.63) is 54.6 Å². The molecule has 2 aromatic rings. The van der Waals surface area contributed by atoms with Gasteiger partial charge in [-0.1, -0.05) is 24.3 Å². The first kappa shape index (κ1) is 14.4. The molecule has 0 aliphatic heterocycles. The number of hydrogen-bond donors (Lipinski definition) is 2. The van der Waals surface area contributed by atoms with Gasteiger partial charge in [-0.05, 0) is 30.3 Å². The van der Waals surface area contributed by atoms with E-state index in [1.165, 1.54) is 7.11 Å². The maximum Gasteiger partial charge on any atom is 0.417 e. The molecule has 0 saturated heterocycles. The minimum atomic E-state index is -0.614. The molecule has 0 heterocycles. The largest absolute Gasteiger partial charge is 0.453 e. The van der Waals surface area contributed by atoms with Crippen molar-refractivity contribution in [2.24, 2.45) is 0 Å². The molecule has 2 amide bonds. The van der Waals surface area contributed by atoms with Crippen LogP contribution >= 0.6 is 0 Å². The van der Waals surface area contributed by atoms with E-state index in [1.807, 2.05) is 6.07 Å². The fourth-order valence-corrected chi connectivity index (χ4v) is 1.58. The Morgan fingerprint density at radius 2 is 1.48 bits per heavy atom. The lowest BCUT2D eigenvalue weighted by molar-refractivity contribution is 0.187. The third-order valence-corrected chi connectivity index (χ3v) is 2.49. The molecule has 0 aliphatic rings. The van der Waals surface area contributed by atoms with Crippen LogP contribution in [0.25, 0.3) is 0 Å². The van der Waals surface area contributed by atoms with E-state index in [0.717, 1.165) is 0 Å². The van der Waals surface area contributed by atoms with E-state index in [2.05, 4.69) is 15.4 Å². The van der Waals surface area contributed by atoms with Gasteiger partial charge in [0.05, 0.1) is 7.11 Å². The summed E-state index contributed by atoms with van der Waals surface area (Å²) in [5.41, 5.74) is 0.990. The topological polar surface area (TPSA) is 76.7 Å². The van der Waals surface area contributed by atoms with E-state index in [1.54, 1.807) is 48.5 Å². The Morgan fingerprint density at radius 1 is 0.857 bits per heavy atom. The number of benzene rings is 2. The van der Waals surface area contributed by atoms with E-state index in [0.29, 0.717) is 17.1 Å². The molecule has 0 unspecified atom stereocenters. The number of amides is 2. The van der Waals surface area contributed by atoms with Gasteiger partial charge in [0.25, 0.3) is 0 Å². The Hall–Kier alpha value is -3.02. The lowest BCUT2D eigenvalue weighted by Gasteiger charge is -2.08. The summed E-state index contributed by atoms with van der Waals surface area (Å²) in [5, 5.41) is 5.07. The zero-order chi connectivity index (χ0) is 15.1. The predicted octanol–water partition coefficient (Wildman–Crippen LogP) is 3.48. The van der Waals surface area contributed by atoms with Crippen molar-refractivity contribution in [1.82, 2.24) is 0 Å². The molecule has 0 atom stereocenters. The molecule has 6 heteroatoms. The molecule has 0 aliphatic carbocycles. The Balaban J connectivity index is 1.97. The van der Waals surface area contributed by atoms with Crippen LogP contribution in [-0.4, -0.2) is 19.3 Å². The first-order valence-electron chi connectivity index (χ1n) is 6.16. The smallest absolute Gasteiger partial charge is 0.417 e. The van der Waals surface area contributed by atoms with Crippen LogP contribution in [0.1, 0.15) is 0 Å². The summed E-state index contributed by atoms with van der Waals surface area (Å²) in [4.78, 5) is 22.8. The van der Waals surface area contributed by atoms with Gasteiger partial charge >= 0.3 is 12.2 Å². The molecular formula is C15H14N2O4. The van der Waals surface area contributed by atoms with Crippen molar-refractivity contribution >= 4 is 23.6 Å². The fourth-order valence-electron chi connectivity index (χ4n) is 1.58. The minimum absolute atomic E-state index is 0.443. The number of rotatable bonds is 3. The molecule has 2 N–H and O–H groups in total. The highest BCUT2D eigenvalue weighted by molar-refractivity contribution is 5.89. The molecule has 6 nitrogen and oxygen atoms in total. The highest BCUT2D eigenvalue weighted by Gasteiger charge is 2.06. The van der Waals surface area contributed by atoms with E-state index in [4.69, 9.17) is 4.74 Å². The van der Waals surface area contributed by atoms with Gasteiger partial charge < -0.3 is 9.47 Å². The normalized spacial score (nSPS) is 9.57. The molecule has 2 aromatic carbocycles. The number of hydrogen-bond acceptors (Lipinski definition) is 4. The van der Waals surface area contributed by atoms with Crippen LogP contribution in [0.4, 0.5) is 21.0 Å². The molecule has 0 aromatic heterocycles. The fraction of sp³-hybridized carbons (Fsp3) is 0.0667. The Morgan fingerprint density at radius 3 is 2.10 bits per heavy atom. The molecule has 0 fully saturated rings. The van der Waals surface area contributed by atoms with Crippen LogP contribution in [0, 0.1) is 0 Å². The summed E-state index contributed by atoms with van der Waals surface area (Å²) in [5.74, 6) is 0.443. The second kappa shape index (κ2) is 6.95. The van der Waals surface area contributed by atoms with E-state index < -0.39 is 12.2 Å². The minimum Gasteiger partial charge on any atom is -0.453 e. The molecule has 0 saturated carbocycles. The Bertz CT molecular complexity index is 629. The van der Waals surface area contributed by atoms with Gasteiger partial charge in [-0.3, -0.25) is 10.6 Å². The zero-order valence-corrected chi connectivity index (χ0v) is 11.3. The number of carbonyl (C=O) groups is 2. The maximum absolute atomic E-state index is 11.7. The van der Waals surface area contributed by atoms with Gasteiger partial charge in [0.2, 0.25) is 0 Å². The predicted molar refractivity (Wildman–Crippen MR) is 78.6 cm³/mol. The number of ether oxygens (including phenoxy) is 2. The van der Waals surface area contributed by atoms with Crippen molar-refractivity contribution in [2.45, 2.75) is 0 Å². The summed E-state index contributed by atoms with van der Waals surface area (Å²) in [6.45, 7) is 0. The van der Waals surface area contributed by atoms with Gasteiger partial charge in [-0.25, -0.2) is 9.59 Å². The van der Waals surface area contributed by atoms with Crippen molar-refractivity contribution in [1.29, 1.82) is 0 Å². The van der Waals surface area contributed by atoms with Crippen LogP contribution in [0.5, 0.6) is 5.75 Å². The van der Waals surface area contributed by atoms with Gasteiger partial charge in [0.15, 0.2) is 0 Å². The average molecular weight is 286 g/mol. The lowest BCUT2D eigenvalue weighted by atomic mass is 10.3. The Labute approximate surface area is 121 Å². The molecule has 21 heavy (non-hydrogen) atoms. The molecule has 2 rings (SSSR count). The third kappa shape index (κ3) is 4.54. The summed E-state index contributed by atoms with van der Waals surface area (Å²) in [7, 11) is 1.27. The molecule has 0 radical (unpaired) electrons. The van der Waals surface area contributed by atoms with Crippen LogP contribution in [0.2, 0.25) is 0 Å². The van der Waals surface area contributed by atoms with Crippen LogP contribution < -0.4 is 15.4 Å². The first-order valence-corrected chi connectivity index (χ1v) is 6.16. The molecule has 0 bridgehead atoms. The average Bonchev–Trinajstić information content (AvgIpc) is 2.48. The number of carbonyl (C=O) groups excluding carboxylic acids is 2. The Kier molecular flexibility index (Phi) is 4.76. The summed E-state index contributed by atoms with van der Waals surface area (Å²) in [6.07, 6.45) is -1.20. The second-order valence-corrected chi connectivity index (χ2v) is 4.02. The first-order chi connectivity index (χ1) is 10.2. The second-order valence-electron chi connectivity index (χ2n) is 4.02. The van der Waals surface area contributed by atoms with E-state index >= 15 is 0 Å². The highest BCUT2D eigenvalue weighted by atomic mass is 16.6. The van der Waals surface area contributed by atoms with Gasteiger partial charge in [-0.2, -0.15) is 0 Å². The summed E-state index contributed by atoms with van der Waals surface area (Å²) < 4.78 is 9.59.